The first-order valence-electron chi connectivity index (χ1n) is 5.77. The fraction of sp³-hybridized carbons (Fsp3) is 0.636. The molecule has 0 saturated carbocycles. The molecule has 1 aromatic heterocycles. The Labute approximate surface area is 107 Å². The third-order valence-electron chi connectivity index (χ3n) is 2.71. The van der Waals surface area contributed by atoms with Gasteiger partial charge in [-0.05, 0) is 25.1 Å². The van der Waals surface area contributed by atoms with Crippen LogP contribution in [0.3, 0.4) is 0 Å². The van der Waals surface area contributed by atoms with Crippen molar-refractivity contribution in [2.75, 3.05) is 13.7 Å². The second-order valence-electron chi connectivity index (χ2n) is 4.34. The Hall–Kier alpha value is -0.890. The lowest BCUT2D eigenvalue weighted by molar-refractivity contribution is 0.206. The van der Waals surface area contributed by atoms with Crippen LogP contribution in [0, 0.1) is 5.92 Å². The lowest BCUT2D eigenvalue weighted by Crippen LogP contribution is -2.36. The van der Waals surface area contributed by atoms with Crippen molar-refractivity contribution < 1.29 is 17.9 Å². The number of hydrogen-bond donors (Lipinski definition) is 3. The molecule has 0 spiro atoms. The van der Waals surface area contributed by atoms with E-state index in [-0.39, 0.29) is 23.7 Å². The van der Waals surface area contributed by atoms with Crippen molar-refractivity contribution in [3.63, 3.8) is 0 Å². The average molecular weight is 276 g/mol. The number of sulfonamides is 1. The molecule has 7 heteroatoms. The van der Waals surface area contributed by atoms with E-state index in [1.807, 2.05) is 13.8 Å². The van der Waals surface area contributed by atoms with E-state index < -0.39 is 10.0 Å². The smallest absolute Gasteiger partial charge is 0.273 e. The summed E-state index contributed by atoms with van der Waals surface area (Å²) in [5, 5.41) is 12.2. The largest absolute Gasteiger partial charge is 0.447 e. The highest BCUT2D eigenvalue weighted by atomic mass is 32.2. The first-order valence-corrected chi connectivity index (χ1v) is 7.25. The lowest BCUT2D eigenvalue weighted by atomic mass is 10.1. The molecule has 0 aliphatic carbocycles. The molecule has 1 unspecified atom stereocenters. The summed E-state index contributed by atoms with van der Waals surface area (Å²) in [6, 6.07) is 2.97. The van der Waals surface area contributed by atoms with Crippen molar-refractivity contribution in [3.8, 4) is 0 Å². The highest BCUT2D eigenvalue weighted by molar-refractivity contribution is 7.89. The molecule has 104 valence electrons. The average Bonchev–Trinajstić information content (AvgIpc) is 2.79. The van der Waals surface area contributed by atoms with Gasteiger partial charge in [-0.15, -0.1) is 0 Å². The van der Waals surface area contributed by atoms with Gasteiger partial charge in [0.05, 0.1) is 13.2 Å². The van der Waals surface area contributed by atoms with Gasteiger partial charge in [0.15, 0.2) is 0 Å². The maximum atomic E-state index is 11.5. The van der Waals surface area contributed by atoms with Gasteiger partial charge in [0.1, 0.15) is 5.76 Å². The third-order valence-corrected chi connectivity index (χ3v) is 4.00. The molecular formula is C11H20N2O4S. The highest BCUT2D eigenvalue weighted by Gasteiger charge is 2.17. The summed E-state index contributed by atoms with van der Waals surface area (Å²) >= 11 is 0. The third kappa shape index (κ3) is 3.81. The van der Waals surface area contributed by atoms with Crippen LogP contribution < -0.4 is 10.0 Å². The summed E-state index contributed by atoms with van der Waals surface area (Å²) in [5.41, 5.74) is 0. The predicted molar refractivity (Wildman–Crippen MR) is 67.5 cm³/mol. The van der Waals surface area contributed by atoms with E-state index in [1.165, 1.54) is 13.1 Å². The number of nitrogens with one attached hydrogen (secondary N) is 2. The molecule has 1 aromatic rings. The highest BCUT2D eigenvalue weighted by Crippen LogP contribution is 2.13. The molecule has 1 heterocycles. The number of rotatable bonds is 7. The molecule has 0 aliphatic rings. The maximum absolute atomic E-state index is 11.5. The van der Waals surface area contributed by atoms with E-state index in [2.05, 4.69) is 10.0 Å². The molecule has 0 radical (unpaired) electrons. The zero-order valence-electron chi connectivity index (χ0n) is 10.8. The topological polar surface area (TPSA) is 91.6 Å². The fourth-order valence-corrected chi connectivity index (χ4v) is 2.11. The van der Waals surface area contributed by atoms with Crippen LogP contribution in [0.15, 0.2) is 21.6 Å². The first-order chi connectivity index (χ1) is 8.40. The number of furan rings is 1. The van der Waals surface area contributed by atoms with Crippen LogP contribution >= 0.6 is 0 Å². The van der Waals surface area contributed by atoms with Gasteiger partial charge in [-0.1, -0.05) is 13.8 Å². The van der Waals surface area contributed by atoms with Crippen LogP contribution in [0.25, 0.3) is 0 Å². The molecule has 1 rings (SSSR count). The predicted octanol–water partition coefficient (Wildman–Crippen LogP) is 0.294. The molecule has 0 amide bonds. The van der Waals surface area contributed by atoms with Gasteiger partial charge in [0.2, 0.25) is 5.09 Å². The minimum absolute atomic E-state index is 0.0278. The molecule has 0 bridgehead atoms. The fourth-order valence-electron chi connectivity index (χ4n) is 1.44. The Balaban J connectivity index is 2.65. The number of aliphatic hydroxyl groups is 1. The summed E-state index contributed by atoms with van der Waals surface area (Å²) in [7, 11) is -2.20. The standard InChI is InChI=1S/C11H20N2O4S/c1-8(2)10(7-14)13-6-9-4-5-11(17-9)18(15,16)12-3/h4-5,8,10,12-14H,6-7H2,1-3H3. The van der Waals surface area contributed by atoms with Crippen molar-refractivity contribution in [1.29, 1.82) is 0 Å². The Morgan fingerprint density at radius 3 is 2.56 bits per heavy atom. The number of aliphatic hydroxyl groups excluding tert-OH is 1. The summed E-state index contributed by atoms with van der Waals surface area (Å²) in [4.78, 5) is 0. The number of hydrogen-bond acceptors (Lipinski definition) is 5. The summed E-state index contributed by atoms with van der Waals surface area (Å²) in [5.74, 6) is 0.799. The molecule has 18 heavy (non-hydrogen) atoms. The van der Waals surface area contributed by atoms with Gasteiger partial charge in [0, 0.05) is 6.04 Å². The summed E-state index contributed by atoms with van der Waals surface area (Å²) < 4.78 is 30.3. The molecule has 6 nitrogen and oxygen atoms in total. The molecule has 3 N–H and O–H groups in total. The minimum Gasteiger partial charge on any atom is -0.447 e. The molecule has 0 saturated heterocycles. The quantitative estimate of drug-likeness (QED) is 0.666. The zero-order valence-corrected chi connectivity index (χ0v) is 11.6. The van der Waals surface area contributed by atoms with Gasteiger partial charge in [-0.2, -0.15) is 0 Å². The Kier molecular flexibility index (Phi) is 5.33. The molecular weight excluding hydrogens is 256 g/mol. The van der Waals surface area contributed by atoms with E-state index in [9.17, 15) is 8.42 Å². The second kappa shape index (κ2) is 6.33. The minimum atomic E-state index is -3.53. The van der Waals surface area contributed by atoms with Crippen molar-refractivity contribution in [1.82, 2.24) is 10.0 Å². The van der Waals surface area contributed by atoms with Gasteiger partial charge in [-0.3, -0.25) is 0 Å². The van der Waals surface area contributed by atoms with Gasteiger partial charge in [0.25, 0.3) is 10.0 Å². The zero-order chi connectivity index (χ0) is 13.8. The van der Waals surface area contributed by atoms with E-state index in [0.717, 1.165) is 0 Å². The van der Waals surface area contributed by atoms with Gasteiger partial charge in [-0.25, -0.2) is 13.1 Å². The molecule has 0 aromatic carbocycles. The second-order valence-corrected chi connectivity index (χ2v) is 6.16. The van der Waals surface area contributed by atoms with Crippen molar-refractivity contribution in [2.45, 2.75) is 31.5 Å². The molecule has 0 fully saturated rings. The van der Waals surface area contributed by atoms with Gasteiger partial charge < -0.3 is 14.8 Å². The maximum Gasteiger partial charge on any atom is 0.273 e. The molecule has 1 atom stereocenters. The van der Waals surface area contributed by atoms with Crippen LogP contribution in [0.1, 0.15) is 19.6 Å². The Morgan fingerprint density at radius 1 is 1.39 bits per heavy atom. The van der Waals surface area contributed by atoms with E-state index >= 15 is 0 Å². The van der Waals surface area contributed by atoms with Crippen molar-refractivity contribution in [2.24, 2.45) is 5.92 Å². The normalized spacial score (nSPS) is 14.1. The first kappa shape index (κ1) is 15.2. The van der Waals surface area contributed by atoms with Gasteiger partial charge >= 0.3 is 0 Å². The summed E-state index contributed by atoms with van der Waals surface area (Å²) in [6.07, 6.45) is 0. The van der Waals surface area contributed by atoms with E-state index in [0.29, 0.717) is 12.3 Å². The lowest BCUT2D eigenvalue weighted by Gasteiger charge is -2.18. The van der Waals surface area contributed by atoms with Crippen LogP contribution in [-0.2, 0) is 16.6 Å². The van der Waals surface area contributed by atoms with E-state index in [1.54, 1.807) is 6.07 Å². The Bertz CT molecular complexity index is 467. The SMILES string of the molecule is CNS(=O)(=O)c1ccc(CNC(CO)C(C)C)o1. The van der Waals surface area contributed by atoms with Crippen LogP contribution in [-0.4, -0.2) is 33.2 Å². The monoisotopic (exact) mass is 276 g/mol. The van der Waals surface area contributed by atoms with Crippen molar-refractivity contribution in [3.05, 3.63) is 17.9 Å². The summed E-state index contributed by atoms with van der Waals surface area (Å²) in [6.45, 7) is 4.39. The van der Waals surface area contributed by atoms with Crippen LogP contribution in [0.5, 0.6) is 0 Å². The van der Waals surface area contributed by atoms with Crippen LogP contribution in [0.4, 0.5) is 0 Å². The van der Waals surface area contributed by atoms with E-state index in [4.69, 9.17) is 9.52 Å². The van der Waals surface area contributed by atoms with Crippen LogP contribution in [0.2, 0.25) is 0 Å². The van der Waals surface area contributed by atoms with Crippen molar-refractivity contribution >= 4 is 10.0 Å². The molecule has 0 aliphatic heterocycles. The Morgan fingerprint density at radius 2 is 2.06 bits per heavy atom.